The van der Waals surface area contributed by atoms with Gasteiger partial charge in [-0.1, -0.05) is 12.8 Å². The normalized spacial score (nSPS) is 32.4. The lowest BCUT2D eigenvalue weighted by Gasteiger charge is -2.17. The van der Waals surface area contributed by atoms with Gasteiger partial charge in [0.1, 0.15) is 0 Å². The third-order valence-electron chi connectivity index (χ3n) is 3.40. The average Bonchev–Trinajstić information content (AvgIpc) is 2.91. The molecule has 0 aromatic rings. The topological polar surface area (TPSA) is 33.3 Å². The molecule has 3 heteroatoms. The van der Waals surface area contributed by atoms with E-state index in [0.717, 1.165) is 25.7 Å². The van der Waals surface area contributed by atoms with E-state index in [1.54, 1.807) is 0 Å². The summed E-state index contributed by atoms with van der Waals surface area (Å²) < 4.78 is 5.45. The summed E-state index contributed by atoms with van der Waals surface area (Å²) in [6.45, 7) is 4.10. The van der Waals surface area contributed by atoms with Crippen molar-refractivity contribution in [1.29, 1.82) is 0 Å². The van der Waals surface area contributed by atoms with Crippen molar-refractivity contribution in [3.05, 3.63) is 0 Å². The Morgan fingerprint density at radius 3 is 2.86 bits per heavy atom. The van der Waals surface area contributed by atoms with Gasteiger partial charge in [-0.25, -0.2) is 0 Å². The summed E-state index contributed by atoms with van der Waals surface area (Å²) in [4.78, 5) is 0. The van der Waals surface area contributed by atoms with Gasteiger partial charge in [0.05, 0.1) is 13.2 Å². The lowest BCUT2D eigenvalue weighted by Crippen LogP contribution is -2.38. The second kappa shape index (κ2) is 5.10. The molecule has 2 unspecified atom stereocenters. The number of likely N-dealkylation sites (N-methyl/N-ethyl adjacent to an activating group) is 1. The molecule has 2 rings (SSSR count). The van der Waals surface area contributed by atoms with Gasteiger partial charge in [0, 0.05) is 18.5 Å². The second-order valence-corrected chi connectivity index (χ2v) is 4.63. The lowest BCUT2D eigenvalue weighted by molar-refractivity contribution is 0.182. The zero-order chi connectivity index (χ0) is 9.80. The maximum Gasteiger partial charge on any atom is 0.0623 e. The maximum atomic E-state index is 5.45. The van der Waals surface area contributed by atoms with Crippen molar-refractivity contribution in [1.82, 2.24) is 10.6 Å². The lowest BCUT2D eigenvalue weighted by atomic mass is 10.0. The Balaban J connectivity index is 1.54. The molecule has 0 aromatic carbocycles. The average molecular weight is 198 g/mol. The van der Waals surface area contributed by atoms with Gasteiger partial charge in [-0.05, 0) is 25.9 Å². The number of hydrogen-bond donors (Lipinski definition) is 2. The first kappa shape index (κ1) is 10.4. The molecule has 1 aliphatic carbocycles. The Bertz CT molecular complexity index is 171. The third kappa shape index (κ3) is 2.94. The summed E-state index contributed by atoms with van der Waals surface area (Å²) in [5, 5.41) is 6.85. The number of ether oxygens (including phenoxy) is 1. The fraction of sp³-hybridized carbons (Fsp3) is 1.00. The molecule has 0 spiro atoms. The van der Waals surface area contributed by atoms with E-state index >= 15 is 0 Å². The number of nitrogens with one attached hydrogen (secondary N) is 2. The Morgan fingerprint density at radius 1 is 1.29 bits per heavy atom. The molecule has 0 bridgehead atoms. The highest BCUT2D eigenvalue weighted by Gasteiger charge is 2.26. The zero-order valence-corrected chi connectivity index (χ0v) is 9.09. The van der Waals surface area contributed by atoms with E-state index in [2.05, 4.69) is 10.6 Å². The van der Waals surface area contributed by atoms with Gasteiger partial charge >= 0.3 is 0 Å². The van der Waals surface area contributed by atoms with Gasteiger partial charge in [-0.2, -0.15) is 0 Å². The van der Waals surface area contributed by atoms with Crippen LogP contribution in [0.5, 0.6) is 0 Å². The van der Waals surface area contributed by atoms with Crippen LogP contribution in [0.15, 0.2) is 0 Å². The largest absolute Gasteiger partial charge is 0.379 e. The molecule has 2 aliphatic rings. The van der Waals surface area contributed by atoms with Gasteiger partial charge in [-0.3, -0.25) is 0 Å². The minimum Gasteiger partial charge on any atom is -0.379 e. The van der Waals surface area contributed by atoms with Crippen molar-refractivity contribution < 1.29 is 4.74 Å². The van der Waals surface area contributed by atoms with Crippen LogP contribution in [-0.2, 0) is 4.74 Å². The molecule has 2 N–H and O–H groups in total. The number of rotatable bonds is 6. The molecule has 3 nitrogen and oxygen atoms in total. The van der Waals surface area contributed by atoms with Gasteiger partial charge in [0.25, 0.3) is 0 Å². The molecule has 1 aliphatic heterocycles. The van der Waals surface area contributed by atoms with Crippen LogP contribution in [0, 0.1) is 11.8 Å². The van der Waals surface area contributed by atoms with Crippen LogP contribution in [-0.4, -0.2) is 39.4 Å². The van der Waals surface area contributed by atoms with E-state index < -0.39 is 0 Å². The minimum atomic E-state index is 0.559. The van der Waals surface area contributed by atoms with E-state index in [-0.39, 0.29) is 0 Å². The zero-order valence-electron chi connectivity index (χ0n) is 9.09. The van der Waals surface area contributed by atoms with Crippen LogP contribution in [0.2, 0.25) is 0 Å². The van der Waals surface area contributed by atoms with Crippen molar-refractivity contribution in [3.8, 4) is 0 Å². The molecular weight excluding hydrogens is 176 g/mol. The van der Waals surface area contributed by atoms with Crippen molar-refractivity contribution in [3.63, 3.8) is 0 Å². The fourth-order valence-corrected chi connectivity index (χ4v) is 2.12. The molecule has 0 aromatic heterocycles. The van der Waals surface area contributed by atoms with Crippen molar-refractivity contribution in [2.45, 2.75) is 25.3 Å². The Morgan fingerprint density at radius 2 is 2.14 bits per heavy atom. The monoisotopic (exact) mass is 198 g/mol. The first-order chi connectivity index (χ1) is 6.90. The van der Waals surface area contributed by atoms with Crippen LogP contribution >= 0.6 is 0 Å². The van der Waals surface area contributed by atoms with Crippen molar-refractivity contribution in [2.24, 2.45) is 11.8 Å². The highest BCUT2D eigenvalue weighted by molar-refractivity contribution is 4.82. The summed E-state index contributed by atoms with van der Waals surface area (Å²) in [6.07, 6.45) is 4.30. The molecule has 2 fully saturated rings. The highest BCUT2D eigenvalue weighted by Crippen LogP contribution is 2.31. The molecule has 14 heavy (non-hydrogen) atoms. The fourth-order valence-electron chi connectivity index (χ4n) is 2.12. The molecule has 0 radical (unpaired) electrons. The van der Waals surface area contributed by atoms with Crippen LogP contribution in [0.4, 0.5) is 0 Å². The predicted molar refractivity (Wildman–Crippen MR) is 57.4 cm³/mol. The molecule has 1 heterocycles. The first-order valence-electron chi connectivity index (χ1n) is 5.86. The molecule has 1 saturated carbocycles. The minimum absolute atomic E-state index is 0.559. The van der Waals surface area contributed by atoms with Crippen LogP contribution in [0.25, 0.3) is 0 Å². The SMILES string of the molecule is CNC1COCC1CNCCC1CC1. The van der Waals surface area contributed by atoms with Gasteiger partial charge in [0.2, 0.25) is 0 Å². The second-order valence-electron chi connectivity index (χ2n) is 4.63. The van der Waals surface area contributed by atoms with Crippen LogP contribution in [0.3, 0.4) is 0 Å². The van der Waals surface area contributed by atoms with E-state index in [0.29, 0.717) is 12.0 Å². The molecule has 1 saturated heterocycles. The Hall–Kier alpha value is -0.120. The summed E-state index contributed by atoms with van der Waals surface area (Å²) in [5.41, 5.74) is 0. The maximum absolute atomic E-state index is 5.45. The van der Waals surface area contributed by atoms with Gasteiger partial charge < -0.3 is 15.4 Å². The van der Waals surface area contributed by atoms with E-state index in [4.69, 9.17) is 4.74 Å². The Labute approximate surface area is 86.6 Å². The van der Waals surface area contributed by atoms with Crippen LogP contribution < -0.4 is 10.6 Å². The van der Waals surface area contributed by atoms with E-state index in [1.807, 2.05) is 7.05 Å². The smallest absolute Gasteiger partial charge is 0.0623 e. The molecule has 2 atom stereocenters. The summed E-state index contributed by atoms with van der Waals surface area (Å²) in [5.74, 6) is 1.71. The van der Waals surface area contributed by atoms with Gasteiger partial charge in [-0.15, -0.1) is 0 Å². The standard InChI is InChI=1S/C11H22N2O/c1-12-11-8-14-7-10(11)6-13-5-4-9-2-3-9/h9-13H,2-8H2,1H3. The summed E-state index contributed by atoms with van der Waals surface area (Å²) in [6, 6.07) is 0.559. The van der Waals surface area contributed by atoms with Crippen LogP contribution in [0.1, 0.15) is 19.3 Å². The highest BCUT2D eigenvalue weighted by atomic mass is 16.5. The van der Waals surface area contributed by atoms with Gasteiger partial charge in [0.15, 0.2) is 0 Å². The summed E-state index contributed by atoms with van der Waals surface area (Å²) in [7, 11) is 2.02. The van der Waals surface area contributed by atoms with E-state index in [9.17, 15) is 0 Å². The molecule has 82 valence electrons. The van der Waals surface area contributed by atoms with Crippen molar-refractivity contribution in [2.75, 3.05) is 33.4 Å². The third-order valence-corrected chi connectivity index (χ3v) is 3.40. The predicted octanol–water partition coefficient (Wildman–Crippen LogP) is 0.610. The van der Waals surface area contributed by atoms with E-state index in [1.165, 1.54) is 25.8 Å². The number of hydrogen-bond acceptors (Lipinski definition) is 3. The van der Waals surface area contributed by atoms with Crippen molar-refractivity contribution >= 4 is 0 Å². The molecular formula is C11H22N2O. The molecule has 0 amide bonds. The first-order valence-corrected chi connectivity index (χ1v) is 5.86. The quantitative estimate of drug-likeness (QED) is 0.614. The Kier molecular flexibility index (Phi) is 3.79. The summed E-state index contributed by atoms with van der Waals surface area (Å²) >= 11 is 0.